The van der Waals surface area contributed by atoms with Crippen LogP contribution in [-0.2, 0) is 11.0 Å². The Labute approximate surface area is 175 Å². The first kappa shape index (κ1) is 24.0. The maximum Gasteiger partial charge on any atom is 0.417 e. The van der Waals surface area contributed by atoms with Gasteiger partial charge in [0.1, 0.15) is 5.82 Å². The van der Waals surface area contributed by atoms with Gasteiger partial charge in [0.25, 0.3) is 0 Å². The van der Waals surface area contributed by atoms with Crippen LogP contribution in [0.15, 0.2) is 30.7 Å². The Morgan fingerprint density at radius 1 is 1.27 bits per heavy atom. The summed E-state index contributed by atoms with van der Waals surface area (Å²) in [5.74, 6) is 0.652. The zero-order valence-corrected chi connectivity index (χ0v) is 17.7. The minimum atomic E-state index is -4.40. The summed E-state index contributed by atoms with van der Waals surface area (Å²) in [5, 5.41) is 12.5. The molecule has 30 heavy (non-hydrogen) atoms. The summed E-state index contributed by atoms with van der Waals surface area (Å²) < 4.78 is 38.1. The van der Waals surface area contributed by atoms with Crippen LogP contribution in [0.1, 0.15) is 39.2 Å². The van der Waals surface area contributed by atoms with E-state index in [1.165, 1.54) is 6.07 Å². The van der Waals surface area contributed by atoms with Crippen molar-refractivity contribution in [1.82, 2.24) is 15.2 Å². The zero-order chi connectivity index (χ0) is 22.5. The zero-order valence-electron chi connectivity index (χ0n) is 17.7. The number of nitrogens with one attached hydrogen (secondary N) is 1. The maximum atomic E-state index is 12.7. The normalized spacial score (nSPS) is 18.5. The molecule has 2 heterocycles. The highest BCUT2D eigenvalue weighted by atomic mass is 19.4. The fraction of sp³-hybridized carbons (Fsp3) is 0.619. The molecule has 0 spiro atoms. The number of aromatic nitrogens is 1. The first-order valence-electron chi connectivity index (χ1n) is 10.2. The number of alkyl halides is 3. The van der Waals surface area contributed by atoms with Crippen molar-refractivity contribution in [2.75, 3.05) is 31.1 Å². The molecule has 1 aliphatic rings. The van der Waals surface area contributed by atoms with Crippen LogP contribution in [0.2, 0.25) is 0 Å². The molecule has 0 aromatic carbocycles. The molecular formula is C21H31F3N4O2. The third kappa shape index (κ3) is 6.35. The summed E-state index contributed by atoms with van der Waals surface area (Å²) in [6.45, 7) is 11.7. The number of hydrogen-bond acceptors (Lipinski definition) is 5. The maximum absolute atomic E-state index is 12.7. The Kier molecular flexibility index (Phi) is 8.11. The lowest BCUT2D eigenvalue weighted by Crippen LogP contribution is -2.55. The van der Waals surface area contributed by atoms with Crippen molar-refractivity contribution in [2.24, 2.45) is 5.92 Å². The van der Waals surface area contributed by atoms with Gasteiger partial charge in [0.15, 0.2) is 0 Å². The number of aliphatic hydroxyl groups excluding tert-OH is 1. The third-order valence-corrected chi connectivity index (χ3v) is 5.74. The second kappa shape index (κ2) is 10.1. The predicted molar refractivity (Wildman–Crippen MR) is 110 cm³/mol. The highest BCUT2D eigenvalue weighted by Gasteiger charge is 2.32. The van der Waals surface area contributed by atoms with Gasteiger partial charge in [0.05, 0.1) is 17.4 Å². The summed E-state index contributed by atoms with van der Waals surface area (Å²) >= 11 is 0. The highest BCUT2D eigenvalue weighted by molar-refractivity contribution is 5.81. The molecule has 1 aromatic rings. The lowest BCUT2D eigenvalue weighted by atomic mass is 9.93. The first-order valence-corrected chi connectivity index (χ1v) is 10.2. The molecule has 2 unspecified atom stereocenters. The molecule has 0 radical (unpaired) electrons. The molecule has 1 aliphatic heterocycles. The number of allylic oxidation sites excluding steroid dienone is 1. The minimum absolute atomic E-state index is 0.0781. The van der Waals surface area contributed by atoms with E-state index >= 15 is 0 Å². The Balaban J connectivity index is 1.88. The summed E-state index contributed by atoms with van der Waals surface area (Å²) in [7, 11) is 0. The van der Waals surface area contributed by atoms with E-state index in [1.807, 2.05) is 25.7 Å². The largest absolute Gasteiger partial charge is 0.513 e. The van der Waals surface area contributed by atoms with Crippen molar-refractivity contribution < 1.29 is 23.1 Å². The average Bonchev–Trinajstić information content (AvgIpc) is 2.70. The Morgan fingerprint density at radius 3 is 2.37 bits per heavy atom. The van der Waals surface area contributed by atoms with E-state index < -0.39 is 11.7 Å². The number of amides is 1. The Hall–Kier alpha value is -2.29. The highest BCUT2D eigenvalue weighted by Crippen LogP contribution is 2.29. The number of piperazine rings is 1. The molecule has 0 bridgehead atoms. The Bertz CT molecular complexity index is 716. The molecule has 2 rings (SSSR count). The smallest absolute Gasteiger partial charge is 0.417 e. The van der Waals surface area contributed by atoms with Gasteiger partial charge in [-0.05, 0) is 31.9 Å². The lowest BCUT2D eigenvalue weighted by molar-refractivity contribution is -0.137. The van der Waals surface area contributed by atoms with Crippen LogP contribution in [0.4, 0.5) is 19.0 Å². The van der Waals surface area contributed by atoms with E-state index in [2.05, 4.69) is 21.8 Å². The number of hydrogen-bond donors (Lipinski definition) is 2. The van der Waals surface area contributed by atoms with Gasteiger partial charge in [-0.15, -0.1) is 0 Å². The van der Waals surface area contributed by atoms with E-state index in [4.69, 9.17) is 0 Å². The molecular weight excluding hydrogens is 397 g/mol. The van der Waals surface area contributed by atoms with Gasteiger partial charge < -0.3 is 15.3 Å². The number of rotatable bonds is 8. The number of carbonyl (C=O) groups is 1. The van der Waals surface area contributed by atoms with E-state index in [-0.39, 0.29) is 29.7 Å². The summed E-state index contributed by atoms with van der Waals surface area (Å²) in [5.41, 5.74) is -0.764. The monoisotopic (exact) mass is 428 g/mol. The fourth-order valence-corrected chi connectivity index (χ4v) is 3.69. The SMILES string of the molecule is C=C(O)CC(CC)[C@@H](C)NC(=O)C(C)N1CCN(c2ccc(C(F)(F)F)cn2)CC1. The molecule has 2 N–H and O–H groups in total. The van der Waals surface area contributed by atoms with E-state index in [9.17, 15) is 23.1 Å². The molecule has 1 saturated heterocycles. The van der Waals surface area contributed by atoms with Crippen molar-refractivity contribution in [3.63, 3.8) is 0 Å². The summed E-state index contributed by atoms with van der Waals surface area (Å²) in [6, 6.07) is 2.00. The topological polar surface area (TPSA) is 68.7 Å². The van der Waals surface area contributed by atoms with Crippen molar-refractivity contribution in [3.05, 3.63) is 36.2 Å². The fourth-order valence-electron chi connectivity index (χ4n) is 3.69. The van der Waals surface area contributed by atoms with Crippen LogP contribution in [0.5, 0.6) is 0 Å². The predicted octanol–water partition coefficient (Wildman–Crippen LogP) is 3.60. The number of aliphatic hydroxyl groups is 1. The van der Waals surface area contributed by atoms with Crippen LogP contribution in [0.25, 0.3) is 0 Å². The second-order valence-electron chi connectivity index (χ2n) is 7.84. The van der Waals surface area contributed by atoms with E-state index in [0.29, 0.717) is 38.4 Å². The minimum Gasteiger partial charge on any atom is -0.513 e. The molecule has 3 atom stereocenters. The van der Waals surface area contributed by atoms with Gasteiger partial charge in [-0.1, -0.05) is 19.9 Å². The molecule has 0 saturated carbocycles. The number of anilines is 1. The van der Waals surface area contributed by atoms with Gasteiger partial charge in [-0.3, -0.25) is 9.69 Å². The van der Waals surface area contributed by atoms with E-state index in [1.54, 1.807) is 0 Å². The second-order valence-corrected chi connectivity index (χ2v) is 7.84. The quantitative estimate of drug-likeness (QED) is 0.620. The van der Waals surface area contributed by atoms with Crippen LogP contribution >= 0.6 is 0 Å². The molecule has 1 fully saturated rings. The van der Waals surface area contributed by atoms with E-state index in [0.717, 1.165) is 18.7 Å². The molecule has 1 amide bonds. The molecule has 0 aliphatic carbocycles. The van der Waals surface area contributed by atoms with Crippen molar-refractivity contribution in [3.8, 4) is 0 Å². The van der Waals surface area contributed by atoms with Crippen molar-refractivity contribution in [1.29, 1.82) is 0 Å². The first-order chi connectivity index (χ1) is 14.0. The van der Waals surface area contributed by atoms with Crippen molar-refractivity contribution >= 4 is 11.7 Å². The number of pyridine rings is 1. The Morgan fingerprint density at radius 2 is 1.90 bits per heavy atom. The number of halogens is 3. The van der Waals surface area contributed by atoms with Crippen LogP contribution in [0, 0.1) is 5.92 Å². The van der Waals surface area contributed by atoms with Gasteiger partial charge in [0, 0.05) is 44.8 Å². The van der Waals surface area contributed by atoms with Crippen LogP contribution < -0.4 is 10.2 Å². The summed E-state index contributed by atoms with van der Waals surface area (Å²) in [4.78, 5) is 20.6. The molecule has 168 valence electrons. The molecule has 6 nitrogen and oxygen atoms in total. The van der Waals surface area contributed by atoms with Gasteiger partial charge in [0.2, 0.25) is 5.91 Å². The van der Waals surface area contributed by atoms with Gasteiger partial charge in [-0.25, -0.2) is 4.98 Å². The average molecular weight is 428 g/mol. The molecule has 9 heteroatoms. The van der Waals surface area contributed by atoms with Gasteiger partial charge in [-0.2, -0.15) is 13.2 Å². The third-order valence-electron chi connectivity index (χ3n) is 5.74. The summed E-state index contributed by atoms with van der Waals surface area (Å²) in [6.07, 6.45) is -2.28. The number of carbonyl (C=O) groups excluding carboxylic acids is 1. The standard InChI is InChI=1S/C21H31F3N4O2/c1-5-17(12-14(2)29)15(3)26-20(30)16(4)27-8-10-28(11-9-27)19-7-6-18(13-25-19)21(22,23)24/h6-7,13,15-17,29H,2,5,8-12H2,1,3-4H3,(H,26,30)/t15-,16?,17?/m1/s1. The van der Waals surface area contributed by atoms with Crippen LogP contribution in [-0.4, -0.2) is 59.2 Å². The lowest BCUT2D eigenvalue weighted by Gasteiger charge is -2.38. The molecule has 1 aromatic heterocycles. The number of nitrogens with zero attached hydrogens (tertiary/aromatic N) is 3. The van der Waals surface area contributed by atoms with Crippen molar-refractivity contribution in [2.45, 2.75) is 51.9 Å². The van der Waals surface area contributed by atoms with Crippen LogP contribution in [0.3, 0.4) is 0 Å². The van der Waals surface area contributed by atoms with Gasteiger partial charge >= 0.3 is 6.18 Å².